The summed E-state index contributed by atoms with van der Waals surface area (Å²) in [5.41, 5.74) is 4.85. The Labute approximate surface area is 154 Å². The van der Waals surface area contributed by atoms with Gasteiger partial charge in [-0.3, -0.25) is 5.43 Å². The van der Waals surface area contributed by atoms with Crippen molar-refractivity contribution in [1.29, 1.82) is 0 Å². The number of nitrogens with zero attached hydrogens (tertiary/aromatic N) is 1. The van der Waals surface area contributed by atoms with Crippen LogP contribution in [0.5, 0.6) is 11.5 Å². The Hall–Kier alpha value is -2.60. The van der Waals surface area contributed by atoms with E-state index >= 15 is 0 Å². The fraction of sp³-hybridized carbons (Fsp3) is 0.263. The zero-order valence-corrected chi connectivity index (χ0v) is 15.3. The van der Waals surface area contributed by atoms with E-state index in [2.05, 4.69) is 22.8 Å². The topological polar surface area (TPSA) is 54.9 Å². The van der Waals surface area contributed by atoms with Crippen LogP contribution in [-0.4, -0.2) is 25.0 Å². The van der Waals surface area contributed by atoms with E-state index in [-0.39, 0.29) is 0 Å². The number of nitrogens with one attached hydrogen (secondary N) is 2. The van der Waals surface area contributed by atoms with E-state index in [0.29, 0.717) is 24.0 Å². The van der Waals surface area contributed by atoms with Gasteiger partial charge in [0.15, 0.2) is 16.6 Å². The Bertz CT molecular complexity index is 705. The molecule has 6 heteroatoms. The average Bonchev–Trinajstić information content (AvgIpc) is 2.66. The average molecular weight is 357 g/mol. The maximum absolute atomic E-state index is 5.63. The second-order valence-electron chi connectivity index (χ2n) is 5.30. The third-order valence-electron chi connectivity index (χ3n) is 3.32. The molecule has 0 aliphatic heterocycles. The third kappa shape index (κ3) is 6.43. The van der Waals surface area contributed by atoms with Crippen molar-refractivity contribution < 1.29 is 9.47 Å². The highest BCUT2D eigenvalue weighted by molar-refractivity contribution is 7.80. The van der Waals surface area contributed by atoms with Gasteiger partial charge >= 0.3 is 0 Å². The molecule has 0 aliphatic rings. The van der Waals surface area contributed by atoms with Crippen molar-refractivity contribution in [2.75, 3.05) is 13.7 Å². The Balaban J connectivity index is 1.85. The van der Waals surface area contributed by atoms with Gasteiger partial charge in [-0.1, -0.05) is 37.3 Å². The predicted octanol–water partition coefficient (Wildman–Crippen LogP) is 3.48. The predicted molar refractivity (Wildman–Crippen MR) is 105 cm³/mol. The Kier molecular flexibility index (Phi) is 7.72. The van der Waals surface area contributed by atoms with Crippen molar-refractivity contribution in [1.82, 2.24) is 10.7 Å². The lowest BCUT2D eigenvalue weighted by atomic mass is 10.2. The van der Waals surface area contributed by atoms with Crippen LogP contribution in [0.4, 0.5) is 0 Å². The van der Waals surface area contributed by atoms with Crippen molar-refractivity contribution in [3.05, 3.63) is 59.7 Å². The summed E-state index contributed by atoms with van der Waals surface area (Å²) in [4.78, 5) is 0. The van der Waals surface area contributed by atoms with Gasteiger partial charge in [-0.2, -0.15) is 5.10 Å². The quantitative estimate of drug-likeness (QED) is 0.430. The fourth-order valence-electron chi connectivity index (χ4n) is 2.08. The number of thiocarbonyl (C=S) groups is 1. The van der Waals surface area contributed by atoms with Crippen molar-refractivity contribution in [2.45, 2.75) is 19.9 Å². The molecule has 25 heavy (non-hydrogen) atoms. The van der Waals surface area contributed by atoms with Crippen molar-refractivity contribution >= 4 is 23.5 Å². The van der Waals surface area contributed by atoms with Crippen LogP contribution in [0, 0.1) is 0 Å². The maximum atomic E-state index is 5.63. The van der Waals surface area contributed by atoms with Gasteiger partial charge in [0, 0.05) is 6.54 Å². The molecular formula is C19H23N3O2S. The van der Waals surface area contributed by atoms with Gasteiger partial charge in [0.2, 0.25) is 0 Å². The summed E-state index contributed by atoms with van der Waals surface area (Å²) in [6.45, 7) is 3.38. The first-order chi connectivity index (χ1) is 12.2. The van der Waals surface area contributed by atoms with Crippen molar-refractivity contribution in [2.24, 2.45) is 5.10 Å². The number of ether oxygens (including phenoxy) is 2. The molecule has 0 bridgehead atoms. The van der Waals surface area contributed by atoms with Gasteiger partial charge in [0.25, 0.3) is 0 Å². The first kappa shape index (κ1) is 18.7. The molecule has 0 aliphatic carbocycles. The highest BCUT2D eigenvalue weighted by atomic mass is 32.1. The van der Waals surface area contributed by atoms with Crippen LogP contribution >= 0.6 is 12.2 Å². The van der Waals surface area contributed by atoms with Gasteiger partial charge in [0.1, 0.15) is 0 Å². The second-order valence-corrected chi connectivity index (χ2v) is 5.71. The summed E-state index contributed by atoms with van der Waals surface area (Å²) in [5, 5.41) is 7.72. The molecule has 132 valence electrons. The van der Waals surface area contributed by atoms with Gasteiger partial charge in [-0.05, 0) is 48.0 Å². The van der Waals surface area contributed by atoms with Crippen LogP contribution in [-0.2, 0) is 6.54 Å². The zero-order chi connectivity index (χ0) is 17.9. The smallest absolute Gasteiger partial charge is 0.187 e. The lowest BCUT2D eigenvalue weighted by molar-refractivity contribution is 0.294. The molecular weight excluding hydrogens is 334 g/mol. The van der Waals surface area contributed by atoms with Crippen LogP contribution in [0.3, 0.4) is 0 Å². The van der Waals surface area contributed by atoms with Crippen LogP contribution in [0.1, 0.15) is 24.5 Å². The van der Waals surface area contributed by atoms with Crippen LogP contribution in [0.2, 0.25) is 0 Å². The van der Waals surface area contributed by atoms with Gasteiger partial charge < -0.3 is 14.8 Å². The SMILES string of the molecule is CCCOc1ccc(/C=N/NC(=S)NCc2ccccc2)cc1OC. The van der Waals surface area contributed by atoms with Crippen LogP contribution < -0.4 is 20.2 Å². The third-order valence-corrected chi connectivity index (χ3v) is 3.56. The first-order valence-corrected chi connectivity index (χ1v) is 8.55. The van der Waals surface area contributed by atoms with E-state index in [4.69, 9.17) is 21.7 Å². The van der Waals surface area contributed by atoms with Crippen LogP contribution in [0.25, 0.3) is 0 Å². The number of benzene rings is 2. The number of methoxy groups -OCH3 is 1. The molecule has 0 atom stereocenters. The highest BCUT2D eigenvalue weighted by Gasteiger charge is 2.04. The second kappa shape index (κ2) is 10.3. The Morgan fingerprint density at radius 3 is 2.68 bits per heavy atom. The molecule has 0 aromatic heterocycles. The monoisotopic (exact) mass is 357 g/mol. The highest BCUT2D eigenvalue weighted by Crippen LogP contribution is 2.27. The summed E-state index contributed by atoms with van der Waals surface area (Å²) in [6.07, 6.45) is 2.63. The van der Waals surface area contributed by atoms with Gasteiger partial charge in [-0.25, -0.2) is 0 Å². The standard InChI is InChI=1S/C19H23N3O2S/c1-3-11-24-17-10-9-16(12-18(17)23-2)14-21-22-19(25)20-13-15-7-5-4-6-8-15/h4-10,12,14H,3,11,13H2,1-2H3,(H2,20,22,25)/b21-14+. The lowest BCUT2D eigenvalue weighted by Crippen LogP contribution is -2.31. The molecule has 2 N–H and O–H groups in total. The number of rotatable bonds is 8. The molecule has 5 nitrogen and oxygen atoms in total. The number of hydrazone groups is 1. The van der Waals surface area contributed by atoms with E-state index in [1.165, 1.54) is 0 Å². The normalized spacial score (nSPS) is 10.5. The molecule has 2 rings (SSSR count). The summed E-state index contributed by atoms with van der Waals surface area (Å²) in [7, 11) is 1.62. The molecule has 2 aromatic carbocycles. The zero-order valence-electron chi connectivity index (χ0n) is 14.5. The van der Waals surface area contributed by atoms with Crippen LogP contribution in [0.15, 0.2) is 53.6 Å². The first-order valence-electron chi connectivity index (χ1n) is 8.14. The molecule has 0 amide bonds. The number of hydrogen-bond donors (Lipinski definition) is 2. The van der Waals surface area contributed by atoms with Gasteiger partial charge in [-0.15, -0.1) is 0 Å². The minimum Gasteiger partial charge on any atom is -0.493 e. The number of hydrogen-bond acceptors (Lipinski definition) is 4. The molecule has 0 unspecified atom stereocenters. The largest absolute Gasteiger partial charge is 0.493 e. The van der Waals surface area contributed by atoms with E-state index in [1.54, 1.807) is 13.3 Å². The lowest BCUT2D eigenvalue weighted by Gasteiger charge is -2.10. The molecule has 0 spiro atoms. The van der Waals surface area contributed by atoms with E-state index in [0.717, 1.165) is 23.3 Å². The van der Waals surface area contributed by atoms with E-state index in [9.17, 15) is 0 Å². The Morgan fingerprint density at radius 1 is 1.16 bits per heavy atom. The van der Waals surface area contributed by atoms with Crippen molar-refractivity contribution in [3.8, 4) is 11.5 Å². The Morgan fingerprint density at radius 2 is 1.96 bits per heavy atom. The van der Waals surface area contributed by atoms with E-state index < -0.39 is 0 Å². The minimum atomic E-state index is 0.468. The summed E-state index contributed by atoms with van der Waals surface area (Å²) in [5.74, 6) is 1.41. The molecule has 0 radical (unpaired) electrons. The van der Waals surface area contributed by atoms with Crippen molar-refractivity contribution in [3.63, 3.8) is 0 Å². The molecule has 0 fully saturated rings. The molecule has 0 heterocycles. The minimum absolute atomic E-state index is 0.468. The molecule has 0 saturated carbocycles. The summed E-state index contributed by atoms with van der Waals surface area (Å²) >= 11 is 5.21. The molecule has 2 aromatic rings. The summed E-state index contributed by atoms with van der Waals surface area (Å²) in [6, 6.07) is 15.7. The molecule has 0 saturated heterocycles. The summed E-state index contributed by atoms with van der Waals surface area (Å²) < 4.78 is 11.0. The van der Waals surface area contributed by atoms with E-state index in [1.807, 2.05) is 48.5 Å². The van der Waals surface area contributed by atoms with Gasteiger partial charge in [0.05, 0.1) is 19.9 Å². The maximum Gasteiger partial charge on any atom is 0.187 e. The fourth-order valence-corrected chi connectivity index (χ4v) is 2.20.